The first-order chi connectivity index (χ1) is 12.2. The molecule has 0 radical (unpaired) electrons. The van der Waals surface area contributed by atoms with Gasteiger partial charge in [-0.3, -0.25) is 4.79 Å². The first-order valence-electron chi connectivity index (χ1n) is 8.81. The number of nitrogen functional groups attached to an aromatic ring is 1. The molecule has 2 fully saturated rings. The van der Waals surface area contributed by atoms with E-state index >= 15 is 0 Å². The molecule has 0 spiro atoms. The number of nitrogens with zero attached hydrogens (tertiary/aromatic N) is 6. The monoisotopic (exact) mass is 345 g/mol. The average molecular weight is 345 g/mol. The molecule has 2 aromatic rings. The minimum atomic E-state index is 0.0374. The van der Waals surface area contributed by atoms with Crippen molar-refractivity contribution in [2.24, 2.45) is 0 Å². The molecule has 2 aromatic heterocycles. The van der Waals surface area contributed by atoms with E-state index < -0.39 is 0 Å². The second kappa shape index (κ2) is 6.47. The van der Waals surface area contributed by atoms with E-state index in [-0.39, 0.29) is 18.6 Å². The van der Waals surface area contributed by atoms with Gasteiger partial charge in [-0.15, -0.1) is 0 Å². The van der Waals surface area contributed by atoms with Crippen LogP contribution in [0.4, 0.5) is 11.8 Å². The topological polar surface area (TPSA) is 113 Å². The second-order valence-electron chi connectivity index (χ2n) is 6.68. The lowest BCUT2D eigenvalue weighted by molar-refractivity contribution is -0.127. The molecule has 4 heterocycles. The number of fused-ring (bicyclic) bond motifs is 1. The summed E-state index contributed by atoms with van der Waals surface area (Å²) in [5.41, 5.74) is 7.34. The van der Waals surface area contributed by atoms with Crippen LogP contribution in [0.25, 0.3) is 11.2 Å². The number of rotatable bonds is 5. The van der Waals surface area contributed by atoms with Crippen LogP contribution in [-0.4, -0.2) is 67.7 Å². The van der Waals surface area contributed by atoms with E-state index in [9.17, 15) is 9.90 Å². The van der Waals surface area contributed by atoms with Crippen LogP contribution < -0.4 is 10.6 Å². The minimum Gasteiger partial charge on any atom is -0.394 e. The standard InChI is InChI=1S/C16H23N7O2/c17-14-13-15(20-16(19-14)23-6-1-3-11(23)9-24)22(10-18-13)8-7-21-5-2-4-12(21)25/h10-11,24H,1-9H2,(H2,17,19,20). The van der Waals surface area contributed by atoms with Crippen LogP contribution in [0.15, 0.2) is 6.33 Å². The van der Waals surface area contributed by atoms with Crippen LogP contribution in [0, 0.1) is 0 Å². The number of imidazole rings is 1. The highest BCUT2D eigenvalue weighted by molar-refractivity contribution is 5.83. The van der Waals surface area contributed by atoms with Crippen molar-refractivity contribution in [3.8, 4) is 0 Å². The number of carbonyl (C=O) groups is 1. The van der Waals surface area contributed by atoms with Gasteiger partial charge in [-0.05, 0) is 19.3 Å². The van der Waals surface area contributed by atoms with Crippen molar-refractivity contribution in [3.05, 3.63) is 6.33 Å². The minimum absolute atomic E-state index is 0.0374. The first-order valence-corrected chi connectivity index (χ1v) is 8.81. The summed E-state index contributed by atoms with van der Waals surface area (Å²) in [6.07, 6.45) is 5.20. The third-order valence-corrected chi connectivity index (χ3v) is 5.11. The molecule has 2 saturated heterocycles. The molecule has 1 unspecified atom stereocenters. The highest BCUT2D eigenvalue weighted by Gasteiger charge is 2.27. The van der Waals surface area contributed by atoms with Gasteiger partial charge < -0.3 is 25.2 Å². The zero-order valence-electron chi connectivity index (χ0n) is 14.1. The molecule has 1 atom stereocenters. The van der Waals surface area contributed by atoms with Crippen molar-refractivity contribution < 1.29 is 9.90 Å². The van der Waals surface area contributed by atoms with E-state index in [1.54, 1.807) is 6.33 Å². The molecule has 134 valence electrons. The van der Waals surface area contributed by atoms with E-state index in [0.29, 0.717) is 42.4 Å². The zero-order valence-corrected chi connectivity index (χ0v) is 14.1. The van der Waals surface area contributed by atoms with Gasteiger partial charge in [0.25, 0.3) is 0 Å². The van der Waals surface area contributed by atoms with Crippen LogP contribution >= 0.6 is 0 Å². The van der Waals surface area contributed by atoms with Gasteiger partial charge >= 0.3 is 0 Å². The van der Waals surface area contributed by atoms with E-state index in [1.807, 2.05) is 14.4 Å². The van der Waals surface area contributed by atoms with Crippen LogP contribution in [-0.2, 0) is 11.3 Å². The lowest BCUT2D eigenvalue weighted by Crippen LogP contribution is -2.33. The van der Waals surface area contributed by atoms with Crippen molar-refractivity contribution in [1.82, 2.24) is 24.4 Å². The van der Waals surface area contributed by atoms with Gasteiger partial charge in [0, 0.05) is 32.6 Å². The average Bonchev–Trinajstić information content (AvgIpc) is 3.32. The Balaban J connectivity index is 1.61. The summed E-state index contributed by atoms with van der Waals surface area (Å²) in [6.45, 7) is 2.98. The molecular weight excluding hydrogens is 322 g/mol. The summed E-state index contributed by atoms with van der Waals surface area (Å²) in [5.74, 6) is 1.10. The fourth-order valence-electron chi connectivity index (χ4n) is 3.70. The van der Waals surface area contributed by atoms with Crippen LogP contribution in [0.3, 0.4) is 0 Å². The van der Waals surface area contributed by atoms with Crippen LogP contribution in [0.2, 0.25) is 0 Å². The molecule has 1 amide bonds. The molecule has 2 aliphatic rings. The summed E-state index contributed by atoms with van der Waals surface area (Å²) in [7, 11) is 0. The highest BCUT2D eigenvalue weighted by atomic mass is 16.3. The normalized spacial score (nSPS) is 21.0. The highest BCUT2D eigenvalue weighted by Crippen LogP contribution is 2.26. The van der Waals surface area contributed by atoms with Crippen molar-refractivity contribution in [3.63, 3.8) is 0 Å². The number of aliphatic hydroxyl groups is 1. The number of aliphatic hydroxyl groups excluding tert-OH is 1. The quantitative estimate of drug-likeness (QED) is 0.783. The molecule has 9 heteroatoms. The number of nitrogens with two attached hydrogens (primary N) is 1. The Morgan fingerprint density at radius 3 is 2.88 bits per heavy atom. The molecule has 25 heavy (non-hydrogen) atoms. The third kappa shape index (κ3) is 2.88. The largest absolute Gasteiger partial charge is 0.394 e. The molecule has 0 aromatic carbocycles. The fraction of sp³-hybridized carbons (Fsp3) is 0.625. The summed E-state index contributed by atoms with van der Waals surface area (Å²) < 4.78 is 1.92. The number of carbonyl (C=O) groups excluding carboxylic acids is 1. The lowest BCUT2D eigenvalue weighted by atomic mass is 10.2. The predicted molar refractivity (Wildman–Crippen MR) is 93.0 cm³/mol. The molecule has 0 bridgehead atoms. The lowest BCUT2D eigenvalue weighted by Gasteiger charge is -2.23. The zero-order chi connectivity index (χ0) is 17.4. The van der Waals surface area contributed by atoms with Gasteiger partial charge in [-0.25, -0.2) is 4.98 Å². The SMILES string of the molecule is Nc1nc(N2CCCC2CO)nc2c1ncn2CCN1CCCC1=O. The van der Waals surface area contributed by atoms with Gasteiger partial charge in [-0.1, -0.05) is 0 Å². The smallest absolute Gasteiger partial charge is 0.229 e. The molecular formula is C16H23N7O2. The summed E-state index contributed by atoms with van der Waals surface area (Å²) in [5, 5.41) is 9.54. The van der Waals surface area contributed by atoms with Crippen molar-refractivity contribution in [1.29, 1.82) is 0 Å². The van der Waals surface area contributed by atoms with Crippen molar-refractivity contribution >= 4 is 28.8 Å². The second-order valence-corrected chi connectivity index (χ2v) is 6.68. The van der Waals surface area contributed by atoms with Gasteiger partial charge in [0.1, 0.15) is 5.52 Å². The van der Waals surface area contributed by atoms with Gasteiger partial charge in [0.2, 0.25) is 11.9 Å². The molecule has 0 saturated carbocycles. The third-order valence-electron chi connectivity index (χ3n) is 5.11. The molecule has 0 aliphatic carbocycles. The van der Waals surface area contributed by atoms with Gasteiger partial charge in [-0.2, -0.15) is 9.97 Å². The molecule has 2 aliphatic heterocycles. The van der Waals surface area contributed by atoms with Crippen LogP contribution in [0.1, 0.15) is 25.7 Å². The molecule has 3 N–H and O–H groups in total. The van der Waals surface area contributed by atoms with E-state index in [4.69, 9.17) is 5.73 Å². The Labute approximate surface area is 145 Å². The number of aromatic nitrogens is 4. The number of amides is 1. The Hall–Kier alpha value is -2.42. The number of hydrogen-bond acceptors (Lipinski definition) is 7. The van der Waals surface area contributed by atoms with Gasteiger partial charge in [0.15, 0.2) is 11.5 Å². The maximum atomic E-state index is 11.8. The predicted octanol–water partition coefficient (Wildman–Crippen LogP) is -0.00800. The van der Waals surface area contributed by atoms with Crippen molar-refractivity contribution in [2.75, 3.05) is 36.9 Å². The number of anilines is 2. The Bertz CT molecular complexity index is 790. The summed E-state index contributed by atoms with van der Waals surface area (Å²) >= 11 is 0. The fourth-order valence-corrected chi connectivity index (χ4v) is 3.70. The van der Waals surface area contributed by atoms with Crippen molar-refractivity contribution in [2.45, 2.75) is 38.3 Å². The van der Waals surface area contributed by atoms with E-state index in [0.717, 1.165) is 32.4 Å². The first kappa shape index (κ1) is 16.1. The van der Waals surface area contributed by atoms with E-state index in [1.165, 1.54) is 0 Å². The summed E-state index contributed by atoms with van der Waals surface area (Å²) in [6, 6.07) is 0.0374. The Morgan fingerprint density at radius 2 is 2.12 bits per heavy atom. The number of hydrogen-bond donors (Lipinski definition) is 2. The maximum Gasteiger partial charge on any atom is 0.229 e. The molecule has 4 rings (SSSR count). The Kier molecular flexibility index (Phi) is 4.16. The molecule has 9 nitrogen and oxygen atoms in total. The van der Waals surface area contributed by atoms with Gasteiger partial charge in [0.05, 0.1) is 19.0 Å². The number of likely N-dealkylation sites (tertiary alicyclic amines) is 1. The Morgan fingerprint density at radius 1 is 1.24 bits per heavy atom. The summed E-state index contributed by atoms with van der Waals surface area (Å²) in [4.78, 5) is 29.0. The van der Waals surface area contributed by atoms with Crippen LogP contribution in [0.5, 0.6) is 0 Å². The maximum absolute atomic E-state index is 11.8. The van der Waals surface area contributed by atoms with E-state index in [2.05, 4.69) is 15.0 Å².